The summed E-state index contributed by atoms with van der Waals surface area (Å²) in [6, 6.07) is 0. The lowest BCUT2D eigenvalue weighted by molar-refractivity contribution is -0.136. The molecule has 1 aromatic rings. The summed E-state index contributed by atoms with van der Waals surface area (Å²) in [6.45, 7) is 0.790. The third-order valence-corrected chi connectivity index (χ3v) is 2.06. The normalized spacial score (nSPS) is 19.2. The first-order valence-electron chi connectivity index (χ1n) is 4.69. The summed E-state index contributed by atoms with van der Waals surface area (Å²) in [4.78, 5) is 21.1. The van der Waals surface area contributed by atoms with Gasteiger partial charge in [0.05, 0.1) is 25.2 Å². The van der Waals surface area contributed by atoms with E-state index in [0.717, 1.165) is 0 Å². The lowest BCUT2D eigenvalue weighted by atomic mass is 10.3. The van der Waals surface area contributed by atoms with Gasteiger partial charge in [-0.3, -0.25) is 4.79 Å². The zero-order valence-electron chi connectivity index (χ0n) is 8.29. The quantitative estimate of drug-likeness (QED) is 0.683. The molecule has 0 aromatic carbocycles. The van der Waals surface area contributed by atoms with E-state index in [9.17, 15) is 9.59 Å². The Kier molecular flexibility index (Phi) is 2.71. The molecule has 1 aliphatic rings. The van der Waals surface area contributed by atoms with Crippen LogP contribution in [0.2, 0.25) is 0 Å². The van der Waals surface area contributed by atoms with Crippen LogP contribution < -0.4 is 5.32 Å². The molecular weight excluding hydrogens is 216 g/mol. The number of ether oxygens (including phenoxy) is 1. The van der Waals surface area contributed by atoms with Gasteiger partial charge in [-0.15, -0.1) is 5.10 Å². The molecule has 1 saturated heterocycles. The number of alkyl carbamates (subject to hydrolysis) is 1. The van der Waals surface area contributed by atoms with Crippen LogP contribution in [0.5, 0.6) is 0 Å². The fraction of sp³-hybridized carbons (Fsp3) is 0.500. The Morgan fingerprint density at radius 1 is 1.75 bits per heavy atom. The number of cyclic esters (lactones) is 1. The summed E-state index contributed by atoms with van der Waals surface area (Å²) in [5, 5.41) is 18.5. The molecule has 0 spiro atoms. The van der Waals surface area contributed by atoms with E-state index in [1.165, 1.54) is 10.9 Å². The first-order chi connectivity index (χ1) is 7.63. The second-order valence-corrected chi connectivity index (χ2v) is 3.41. The average Bonchev–Trinajstić information content (AvgIpc) is 2.76. The third-order valence-electron chi connectivity index (χ3n) is 2.06. The van der Waals surface area contributed by atoms with Gasteiger partial charge in [-0.1, -0.05) is 5.21 Å². The summed E-state index contributed by atoms with van der Waals surface area (Å²) < 4.78 is 6.36. The molecule has 2 N–H and O–H groups in total. The number of amides is 1. The number of aromatic nitrogens is 3. The van der Waals surface area contributed by atoms with Gasteiger partial charge in [0.15, 0.2) is 0 Å². The van der Waals surface area contributed by atoms with E-state index in [2.05, 4.69) is 15.6 Å². The molecule has 16 heavy (non-hydrogen) atoms. The van der Waals surface area contributed by atoms with Crippen molar-refractivity contribution >= 4 is 12.1 Å². The molecule has 8 nitrogen and oxygen atoms in total. The van der Waals surface area contributed by atoms with Gasteiger partial charge in [-0.25, -0.2) is 9.48 Å². The summed E-state index contributed by atoms with van der Waals surface area (Å²) in [7, 11) is 0. The molecule has 1 fully saturated rings. The van der Waals surface area contributed by atoms with Crippen molar-refractivity contribution in [3.63, 3.8) is 0 Å². The fourth-order valence-corrected chi connectivity index (χ4v) is 1.41. The predicted octanol–water partition coefficient (Wildman–Crippen LogP) is -0.986. The van der Waals surface area contributed by atoms with Crippen molar-refractivity contribution in [3.8, 4) is 0 Å². The number of nitrogens with zero attached hydrogens (tertiary/aromatic N) is 3. The number of carbonyl (C=O) groups excluding carboxylic acids is 1. The molecule has 0 saturated carbocycles. The van der Waals surface area contributed by atoms with E-state index in [1.54, 1.807) is 0 Å². The van der Waals surface area contributed by atoms with Crippen molar-refractivity contribution in [1.29, 1.82) is 0 Å². The standard InChI is InChI=1S/C8H10N4O4/c13-7(14)1-5-3-12(11-10-5)4-6-2-9-8(15)16-6/h3,6H,1-2,4H2,(H,9,15)(H,13,14). The number of carboxylic acids is 1. The van der Waals surface area contributed by atoms with Gasteiger partial charge < -0.3 is 15.2 Å². The Morgan fingerprint density at radius 2 is 2.56 bits per heavy atom. The second-order valence-electron chi connectivity index (χ2n) is 3.41. The van der Waals surface area contributed by atoms with Gasteiger partial charge in [0.25, 0.3) is 0 Å². The first kappa shape index (κ1) is 10.4. The number of aliphatic carboxylic acids is 1. The monoisotopic (exact) mass is 226 g/mol. The number of hydrogen-bond acceptors (Lipinski definition) is 5. The Bertz CT molecular complexity index is 416. The molecule has 0 aliphatic carbocycles. The molecule has 1 atom stereocenters. The van der Waals surface area contributed by atoms with E-state index in [-0.39, 0.29) is 12.5 Å². The Balaban J connectivity index is 1.92. The highest BCUT2D eigenvalue weighted by atomic mass is 16.6. The van der Waals surface area contributed by atoms with Crippen LogP contribution in [0.1, 0.15) is 5.69 Å². The molecule has 8 heteroatoms. The fourth-order valence-electron chi connectivity index (χ4n) is 1.41. The van der Waals surface area contributed by atoms with Crippen LogP contribution in [0.4, 0.5) is 4.79 Å². The van der Waals surface area contributed by atoms with Crippen LogP contribution in [0.3, 0.4) is 0 Å². The van der Waals surface area contributed by atoms with Crippen LogP contribution in [0.15, 0.2) is 6.20 Å². The minimum absolute atomic E-state index is 0.164. The summed E-state index contributed by atoms with van der Waals surface area (Å²) in [5.74, 6) is -0.957. The Hall–Kier alpha value is -2.12. The Morgan fingerprint density at radius 3 is 3.19 bits per heavy atom. The number of carboxylic acid groups (broad SMARTS) is 1. The lowest BCUT2D eigenvalue weighted by Gasteiger charge is -2.05. The van der Waals surface area contributed by atoms with E-state index in [1.807, 2.05) is 0 Å². The summed E-state index contributed by atoms with van der Waals surface area (Å²) in [6.07, 6.45) is 0.631. The highest BCUT2D eigenvalue weighted by Gasteiger charge is 2.23. The van der Waals surface area contributed by atoms with E-state index >= 15 is 0 Å². The topological polar surface area (TPSA) is 106 Å². The molecule has 0 bridgehead atoms. The average molecular weight is 226 g/mol. The molecule has 2 rings (SSSR count). The van der Waals surface area contributed by atoms with E-state index in [0.29, 0.717) is 18.8 Å². The second kappa shape index (κ2) is 4.17. The predicted molar refractivity (Wildman–Crippen MR) is 49.6 cm³/mol. The zero-order chi connectivity index (χ0) is 11.5. The minimum atomic E-state index is -0.957. The zero-order valence-corrected chi connectivity index (χ0v) is 8.29. The van der Waals surface area contributed by atoms with Gasteiger partial charge in [-0.05, 0) is 0 Å². The first-order valence-corrected chi connectivity index (χ1v) is 4.69. The van der Waals surface area contributed by atoms with Crippen LogP contribution in [-0.2, 0) is 22.5 Å². The molecule has 1 aromatic heterocycles. The molecule has 1 amide bonds. The molecule has 2 heterocycles. The maximum Gasteiger partial charge on any atom is 0.407 e. The molecule has 1 unspecified atom stereocenters. The van der Waals surface area contributed by atoms with Crippen molar-refractivity contribution in [2.75, 3.05) is 6.54 Å². The third kappa shape index (κ3) is 2.47. The molecule has 1 aliphatic heterocycles. The number of carbonyl (C=O) groups is 2. The minimum Gasteiger partial charge on any atom is -0.481 e. The van der Waals surface area contributed by atoms with Gasteiger partial charge in [0, 0.05) is 6.20 Å². The molecular formula is C8H10N4O4. The SMILES string of the molecule is O=C(O)Cc1cn(CC2CNC(=O)O2)nn1. The van der Waals surface area contributed by atoms with Crippen LogP contribution in [0.25, 0.3) is 0 Å². The van der Waals surface area contributed by atoms with Crippen LogP contribution in [-0.4, -0.2) is 44.8 Å². The van der Waals surface area contributed by atoms with Gasteiger partial charge in [0.1, 0.15) is 6.10 Å². The largest absolute Gasteiger partial charge is 0.481 e. The number of hydrogen-bond donors (Lipinski definition) is 2. The lowest BCUT2D eigenvalue weighted by Crippen LogP contribution is -2.20. The number of nitrogens with one attached hydrogen (secondary N) is 1. The van der Waals surface area contributed by atoms with Crippen molar-refractivity contribution in [3.05, 3.63) is 11.9 Å². The summed E-state index contributed by atoms with van der Waals surface area (Å²) in [5.41, 5.74) is 0.379. The van der Waals surface area contributed by atoms with E-state index < -0.39 is 12.1 Å². The van der Waals surface area contributed by atoms with E-state index in [4.69, 9.17) is 9.84 Å². The van der Waals surface area contributed by atoms with Crippen LogP contribution in [0, 0.1) is 0 Å². The Labute approximate surface area is 90.2 Å². The summed E-state index contributed by atoms with van der Waals surface area (Å²) >= 11 is 0. The highest BCUT2D eigenvalue weighted by Crippen LogP contribution is 2.03. The highest BCUT2D eigenvalue weighted by molar-refractivity contribution is 5.69. The smallest absolute Gasteiger partial charge is 0.407 e. The van der Waals surface area contributed by atoms with Crippen molar-refractivity contribution < 1.29 is 19.4 Å². The maximum absolute atomic E-state index is 10.7. The maximum atomic E-state index is 10.7. The van der Waals surface area contributed by atoms with Gasteiger partial charge in [-0.2, -0.15) is 0 Å². The van der Waals surface area contributed by atoms with Crippen LogP contribution >= 0.6 is 0 Å². The van der Waals surface area contributed by atoms with Crippen molar-refractivity contribution in [1.82, 2.24) is 20.3 Å². The van der Waals surface area contributed by atoms with Gasteiger partial charge >= 0.3 is 12.1 Å². The molecule has 0 radical (unpaired) electrons. The molecule has 86 valence electrons. The van der Waals surface area contributed by atoms with Crippen molar-refractivity contribution in [2.45, 2.75) is 19.1 Å². The number of rotatable bonds is 4. The van der Waals surface area contributed by atoms with Gasteiger partial charge in [0.2, 0.25) is 0 Å². The van der Waals surface area contributed by atoms with Crippen molar-refractivity contribution in [2.24, 2.45) is 0 Å².